The lowest BCUT2D eigenvalue weighted by molar-refractivity contribution is -0.148. The molecule has 1 aliphatic carbocycles. The summed E-state index contributed by atoms with van der Waals surface area (Å²) < 4.78 is 26.4. The van der Waals surface area contributed by atoms with E-state index < -0.39 is 27.4 Å². The molecule has 7 nitrogen and oxygen atoms in total. The molecule has 1 fully saturated rings. The lowest BCUT2D eigenvalue weighted by Gasteiger charge is -2.38. The zero-order valence-electron chi connectivity index (χ0n) is 13.8. The minimum atomic E-state index is -3.67. The first-order valence-electron chi connectivity index (χ1n) is 7.93. The number of nitrogens with one attached hydrogen (secondary N) is 1. The fraction of sp³-hybridized carbons (Fsp3) is 0.500. The van der Waals surface area contributed by atoms with Gasteiger partial charge in [0.05, 0.1) is 4.90 Å². The van der Waals surface area contributed by atoms with E-state index in [4.69, 9.17) is 0 Å². The first-order chi connectivity index (χ1) is 11.3. The number of hydrogen-bond acceptors (Lipinski definition) is 4. The normalized spacial score (nSPS) is 16.5. The van der Waals surface area contributed by atoms with Crippen LogP contribution in [0.15, 0.2) is 29.2 Å². The number of benzene rings is 1. The highest BCUT2D eigenvalue weighted by Gasteiger charge is 2.45. The SMILES string of the molecule is CCN(CC)S(=O)(=O)c1cccc(C(=O)NC2(C(=O)O)CCC2)c1. The van der Waals surface area contributed by atoms with E-state index in [-0.39, 0.29) is 10.5 Å². The Balaban J connectivity index is 2.27. The van der Waals surface area contributed by atoms with E-state index in [9.17, 15) is 23.1 Å². The third-order valence-corrected chi connectivity index (χ3v) is 6.45. The molecule has 0 unspecified atom stereocenters. The van der Waals surface area contributed by atoms with Gasteiger partial charge in [-0.25, -0.2) is 13.2 Å². The van der Waals surface area contributed by atoms with Gasteiger partial charge in [0.15, 0.2) is 0 Å². The van der Waals surface area contributed by atoms with Gasteiger partial charge in [0, 0.05) is 18.7 Å². The van der Waals surface area contributed by atoms with Crippen molar-refractivity contribution in [2.75, 3.05) is 13.1 Å². The molecule has 0 saturated heterocycles. The zero-order valence-corrected chi connectivity index (χ0v) is 14.6. The highest BCUT2D eigenvalue weighted by atomic mass is 32.2. The molecule has 132 valence electrons. The zero-order chi connectivity index (χ0) is 18.0. The fourth-order valence-corrected chi connectivity index (χ4v) is 4.23. The Bertz CT molecular complexity index is 737. The number of nitrogens with zero attached hydrogens (tertiary/aromatic N) is 1. The number of aliphatic carboxylic acids is 1. The molecular weight excluding hydrogens is 332 g/mol. The molecule has 1 amide bonds. The van der Waals surface area contributed by atoms with Crippen LogP contribution in [0.25, 0.3) is 0 Å². The van der Waals surface area contributed by atoms with Crippen LogP contribution in [-0.4, -0.2) is 48.3 Å². The van der Waals surface area contributed by atoms with Gasteiger partial charge in [-0.2, -0.15) is 4.31 Å². The second-order valence-electron chi connectivity index (χ2n) is 5.81. The number of carbonyl (C=O) groups is 2. The van der Waals surface area contributed by atoms with Crippen molar-refractivity contribution in [2.24, 2.45) is 0 Å². The summed E-state index contributed by atoms with van der Waals surface area (Å²) in [5.74, 6) is -1.64. The molecule has 1 aromatic rings. The Labute approximate surface area is 141 Å². The fourth-order valence-electron chi connectivity index (χ4n) is 2.72. The van der Waals surface area contributed by atoms with Crippen LogP contribution in [0.5, 0.6) is 0 Å². The van der Waals surface area contributed by atoms with E-state index in [1.807, 2.05) is 0 Å². The summed E-state index contributed by atoms with van der Waals surface area (Å²) in [6, 6.07) is 5.68. The second-order valence-corrected chi connectivity index (χ2v) is 7.75. The Morgan fingerprint density at radius 1 is 1.25 bits per heavy atom. The number of carbonyl (C=O) groups excluding carboxylic acids is 1. The Hall–Kier alpha value is -1.93. The molecule has 2 rings (SSSR count). The quantitative estimate of drug-likeness (QED) is 0.771. The minimum Gasteiger partial charge on any atom is -0.480 e. The third-order valence-electron chi connectivity index (χ3n) is 4.41. The van der Waals surface area contributed by atoms with Crippen LogP contribution < -0.4 is 5.32 Å². The van der Waals surface area contributed by atoms with Crippen molar-refractivity contribution < 1.29 is 23.1 Å². The molecule has 24 heavy (non-hydrogen) atoms. The molecule has 0 aromatic heterocycles. The van der Waals surface area contributed by atoms with Crippen LogP contribution in [0.3, 0.4) is 0 Å². The number of amides is 1. The maximum atomic E-state index is 12.5. The van der Waals surface area contributed by atoms with Crippen LogP contribution in [0.4, 0.5) is 0 Å². The van der Waals surface area contributed by atoms with Crippen molar-refractivity contribution in [3.8, 4) is 0 Å². The molecule has 0 aliphatic heterocycles. The van der Waals surface area contributed by atoms with Gasteiger partial charge in [0.1, 0.15) is 5.54 Å². The Morgan fingerprint density at radius 3 is 2.33 bits per heavy atom. The van der Waals surface area contributed by atoms with Crippen molar-refractivity contribution in [1.29, 1.82) is 0 Å². The van der Waals surface area contributed by atoms with E-state index >= 15 is 0 Å². The molecule has 1 saturated carbocycles. The number of carboxylic acid groups (broad SMARTS) is 1. The average Bonchev–Trinajstić information content (AvgIpc) is 2.51. The van der Waals surface area contributed by atoms with Gasteiger partial charge in [0.25, 0.3) is 5.91 Å². The minimum absolute atomic E-state index is 0.0248. The summed E-state index contributed by atoms with van der Waals surface area (Å²) in [7, 11) is -3.67. The van der Waals surface area contributed by atoms with E-state index in [2.05, 4.69) is 5.32 Å². The molecule has 0 radical (unpaired) electrons. The average molecular weight is 354 g/mol. The maximum absolute atomic E-state index is 12.5. The molecular formula is C16H22N2O5S. The summed E-state index contributed by atoms with van der Waals surface area (Å²) in [5.41, 5.74) is -1.10. The van der Waals surface area contributed by atoms with Crippen molar-refractivity contribution >= 4 is 21.9 Å². The summed E-state index contributed by atoms with van der Waals surface area (Å²) in [6.07, 6.45) is 1.50. The van der Waals surface area contributed by atoms with Gasteiger partial charge < -0.3 is 10.4 Å². The van der Waals surface area contributed by atoms with Crippen LogP contribution in [0.2, 0.25) is 0 Å². The van der Waals surface area contributed by atoms with Crippen molar-refractivity contribution in [1.82, 2.24) is 9.62 Å². The standard InChI is InChI=1S/C16H22N2O5S/c1-3-18(4-2)24(22,23)13-8-5-7-12(11-13)14(19)17-16(15(20)21)9-6-10-16/h5,7-8,11H,3-4,6,9-10H2,1-2H3,(H,17,19)(H,20,21). The van der Waals surface area contributed by atoms with Crippen molar-refractivity contribution in [2.45, 2.75) is 43.5 Å². The largest absolute Gasteiger partial charge is 0.480 e. The summed E-state index contributed by atoms with van der Waals surface area (Å²) in [6.45, 7) is 4.14. The highest BCUT2D eigenvalue weighted by molar-refractivity contribution is 7.89. The molecule has 0 atom stereocenters. The van der Waals surface area contributed by atoms with Gasteiger partial charge >= 0.3 is 5.97 Å². The van der Waals surface area contributed by atoms with E-state index in [0.29, 0.717) is 25.9 Å². The number of rotatable bonds is 7. The molecule has 1 aromatic carbocycles. The molecule has 1 aliphatic rings. The van der Waals surface area contributed by atoms with E-state index in [1.165, 1.54) is 28.6 Å². The number of sulfonamides is 1. The Kier molecular flexibility index (Phi) is 5.29. The van der Waals surface area contributed by atoms with Gasteiger partial charge in [0.2, 0.25) is 10.0 Å². The maximum Gasteiger partial charge on any atom is 0.329 e. The smallest absolute Gasteiger partial charge is 0.329 e. The van der Waals surface area contributed by atoms with Crippen molar-refractivity contribution in [3.63, 3.8) is 0 Å². The lowest BCUT2D eigenvalue weighted by atomic mass is 9.76. The highest BCUT2D eigenvalue weighted by Crippen LogP contribution is 2.32. The third kappa shape index (κ3) is 3.29. The summed E-state index contributed by atoms with van der Waals surface area (Å²) >= 11 is 0. The van der Waals surface area contributed by atoms with Gasteiger partial charge in [-0.1, -0.05) is 19.9 Å². The van der Waals surface area contributed by atoms with E-state index in [0.717, 1.165) is 6.42 Å². The van der Waals surface area contributed by atoms with Crippen LogP contribution in [0, 0.1) is 0 Å². The topological polar surface area (TPSA) is 104 Å². The second kappa shape index (κ2) is 6.90. The molecule has 0 spiro atoms. The monoisotopic (exact) mass is 354 g/mol. The lowest BCUT2D eigenvalue weighted by Crippen LogP contribution is -2.59. The number of carboxylic acids is 1. The van der Waals surface area contributed by atoms with Gasteiger partial charge in [-0.3, -0.25) is 4.79 Å². The van der Waals surface area contributed by atoms with Crippen LogP contribution in [-0.2, 0) is 14.8 Å². The van der Waals surface area contributed by atoms with Gasteiger partial charge in [-0.15, -0.1) is 0 Å². The Morgan fingerprint density at radius 2 is 1.88 bits per heavy atom. The predicted octanol–water partition coefficient (Wildman–Crippen LogP) is 1.45. The van der Waals surface area contributed by atoms with E-state index in [1.54, 1.807) is 13.8 Å². The first kappa shape index (κ1) is 18.4. The molecule has 0 bridgehead atoms. The predicted molar refractivity (Wildman–Crippen MR) is 88.2 cm³/mol. The molecule has 2 N–H and O–H groups in total. The van der Waals surface area contributed by atoms with Crippen molar-refractivity contribution in [3.05, 3.63) is 29.8 Å². The molecule has 0 heterocycles. The van der Waals surface area contributed by atoms with Crippen LogP contribution in [0.1, 0.15) is 43.5 Å². The first-order valence-corrected chi connectivity index (χ1v) is 9.37. The number of hydrogen-bond donors (Lipinski definition) is 2. The summed E-state index contributed by atoms with van der Waals surface area (Å²) in [4.78, 5) is 23.7. The summed E-state index contributed by atoms with van der Waals surface area (Å²) in [5, 5.41) is 11.8. The van der Waals surface area contributed by atoms with Crippen LogP contribution >= 0.6 is 0 Å². The van der Waals surface area contributed by atoms with Gasteiger partial charge in [-0.05, 0) is 37.5 Å². The molecule has 8 heteroatoms.